The van der Waals surface area contributed by atoms with Gasteiger partial charge in [-0.25, -0.2) is 0 Å². The number of nitrogens with zero attached hydrogens (tertiary/aromatic N) is 1. The molecule has 1 fully saturated rings. The number of hydrogen-bond donors (Lipinski definition) is 0. The van der Waals surface area contributed by atoms with Gasteiger partial charge in [0.15, 0.2) is 0 Å². The summed E-state index contributed by atoms with van der Waals surface area (Å²) in [6.07, 6.45) is 5.41. The lowest BCUT2D eigenvalue weighted by Crippen LogP contribution is -2.34. The Morgan fingerprint density at radius 3 is 2.69 bits per heavy atom. The summed E-state index contributed by atoms with van der Waals surface area (Å²) in [4.78, 5) is 13.7. The van der Waals surface area contributed by atoms with Crippen molar-refractivity contribution in [3.8, 4) is 0 Å². The maximum atomic E-state index is 11.6. The van der Waals surface area contributed by atoms with Gasteiger partial charge in [0, 0.05) is 24.3 Å². The normalized spacial score (nSPS) is 15.8. The molecule has 1 aliphatic rings. The summed E-state index contributed by atoms with van der Waals surface area (Å²) in [5.41, 5.74) is 0. The van der Waals surface area contributed by atoms with Crippen LogP contribution in [0.4, 0.5) is 0 Å². The Labute approximate surface area is 88.8 Å². The van der Waals surface area contributed by atoms with Crippen molar-refractivity contribution in [2.75, 3.05) is 11.9 Å². The van der Waals surface area contributed by atoms with Gasteiger partial charge >= 0.3 is 0 Å². The molecule has 0 bridgehead atoms. The quantitative estimate of drug-likeness (QED) is 0.661. The van der Waals surface area contributed by atoms with E-state index in [2.05, 4.69) is 27.8 Å². The van der Waals surface area contributed by atoms with Gasteiger partial charge in [0.2, 0.25) is 5.91 Å². The van der Waals surface area contributed by atoms with Crippen LogP contribution in [0.3, 0.4) is 0 Å². The van der Waals surface area contributed by atoms with E-state index >= 15 is 0 Å². The predicted octanol–water partition coefficient (Wildman–Crippen LogP) is 2.56. The maximum absolute atomic E-state index is 11.6. The number of unbranched alkanes of at least 4 members (excludes halogenated alkanes) is 1. The van der Waals surface area contributed by atoms with Gasteiger partial charge in [-0.1, -0.05) is 29.3 Å². The average molecular weight is 248 g/mol. The Kier molecular flexibility index (Phi) is 4.78. The molecule has 3 heteroatoms. The zero-order valence-corrected chi connectivity index (χ0v) is 9.85. The minimum Gasteiger partial charge on any atom is -0.340 e. The van der Waals surface area contributed by atoms with Crippen LogP contribution in [0.25, 0.3) is 0 Å². The molecular weight excluding hydrogens is 230 g/mol. The molecule has 0 saturated heterocycles. The first-order chi connectivity index (χ1) is 6.29. The van der Waals surface area contributed by atoms with Gasteiger partial charge in [-0.3, -0.25) is 4.79 Å². The van der Waals surface area contributed by atoms with Gasteiger partial charge in [-0.05, 0) is 19.3 Å². The number of amides is 1. The Balaban J connectivity index is 2.32. The van der Waals surface area contributed by atoms with E-state index in [0.717, 1.165) is 18.3 Å². The molecule has 0 aromatic heterocycles. The SMILES string of the molecule is CCCCN(C(=O)CCBr)C1CC1. The standard InChI is InChI=1S/C10H18BrNO/c1-2-3-8-12(9-4-5-9)10(13)6-7-11/h9H,2-8H2,1H3. The molecule has 2 nitrogen and oxygen atoms in total. The van der Waals surface area contributed by atoms with Crippen LogP contribution >= 0.6 is 15.9 Å². The molecule has 0 aliphatic heterocycles. The molecule has 0 radical (unpaired) electrons. The van der Waals surface area contributed by atoms with Crippen molar-refractivity contribution in [2.45, 2.75) is 45.1 Å². The summed E-state index contributed by atoms with van der Waals surface area (Å²) in [6.45, 7) is 3.13. The van der Waals surface area contributed by atoms with Crippen molar-refractivity contribution in [3.05, 3.63) is 0 Å². The molecule has 0 heterocycles. The molecule has 0 unspecified atom stereocenters. The first kappa shape index (κ1) is 11.0. The Morgan fingerprint density at radius 2 is 2.23 bits per heavy atom. The molecule has 0 N–H and O–H groups in total. The van der Waals surface area contributed by atoms with Crippen molar-refractivity contribution in [1.29, 1.82) is 0 Å². The number of alkyl halides is 1. The summed E-state index contributed by atoms with van der Waals surface area (Å²) < 4.78 is 0. The predicted molar refractivity (Wildman–Crippen MR) is 58.1 cm³/mol. The summed E-state index contributed by atoms with van der Waals surface area (Å²) in [5, 5.41) is 0.793. The van der Waals surface area contributed by atoms with E-state index in [1.807, 2.05) is 0 Å². The monoisotopic (exact) mass is 247 g/mol. The van der Waals surface area contributed by atoms with Crippen LogP contribution in [0.5, 0.6) is 0 Å². The van der Waals surface area contributed by atoms with Crippen molar-refractivity contribution in [3.63, 3.8) is 0 Å². The summed E-state index contributed by atoms with van der Waals surface area (Å²) in [7, 11) is 0. The van der Waals surface area contributed by atoms with Crippen LogP contribution < -0.4 is 0 Å². The number of rotatable bonds is 6. The third-order valence-electron chi connectivity index (χ3n) is 2.37. The fourth-order valence-electron chi connectivity index (χ4n) is 1.45. The van der Waals surface area contributed by atoms with Gasteiger partial charge in [0.05, 0.1) is 0 Å². The van der Waals surface area contributed by atoms with Gasteiger partial charge in [-0.15, -0.1) is 0 Å². The average Bonchev–Trinajstić information content (AvgIpc) is 2.89. The van der Waals surface area contributed by atoms with E-state index in [1.165, 1.54) is 19.3 Å². The molecule has 1 saturated carbocycles. The second-order valence-electron chi connectivity index (χ2n) is 3.61. The molecule has 1 aliphatic carbocycles. The minimum atomic E-state index is 0.327. The Hall–Kier alpha value is -0.0500. The molecule has 1 amide bonds. The topological polar surface area (TPSA) is 20.3 Å². The molecular formula is C10H18BrNO. The highest BCUT2D eigenvalue weighted by atomic mass is 79.9. The lowest BCUT2D eigenvalue weighted by atomic mass is 10.3. The van der Waals surface area contributed by atoms with E-state index in [0.29, 0.717) is 18.4 Å². The lowest BCUT2D eigenvalue weighted by Gasteiger charge is -2.21. The van der Waals surface area contributed by atoms with Crippen LogP contribution in [0, 0.1) is 0 Å². The van der Waals surface area contributed by atoms with Gasteiger partial charge < -0.3 is 4.90 Å². The largest absolute Gasteiger partial charge is 0.340 e. The van der Waals surface area contributed by atoms with E-state index in [1.54, 1.807) is 0 Å². The van der Waals surface area contributed by atoms with E-state index in [9.17, 15) is 4.79 Å². The van der Waals surface area contributed by atoms with Gasteiger partial charge in [0.25, 0.3) is 0 Å². The summed E-state index contributed by atoms with van der Waals surface area (Å²) in [5.74, 6) is 0.327. The van der Waals surface area contributed by atoms with Crippen LogP contribution in [-0.2, 0) is 4.79 Å². The highest BCUT2D eigenvalue weighted by molar-refractivity contribution is 9.09. The van der Waals surface area contributed by atoms with Crippen LogP contribution in [-0.4, -0.2) is 28.7 Å². The second-order valence-corrected chi connectivity index (χ2v) is 4.40. The first-order valence-electron chi connectivity index (χ1n) is 5.15. The highest BCUT2D eigenvalue weighted by Gasteiger charge is 2.31. The van der Waals surface area contributed by atoms with Crippen LogP contribution in [0.2, 0.25) is 0 Å². The number of carbonyl (C=O) groups is 1. The molecule has 13 heavy (non-hydrogen) atoms. The van der Waals surface area contributed by atoms with Crippen LogP contribution in [0.1, 0.15) is 39.0 Å². The number of carbonyl (C=O) groups excluding carboxylic acids is 1. The molecule has 0 spiro atoms. The first-order valence-corrected chi connectivity index (χ1v) is 6.27. The fourth-order valence-corrected chi connectivity index (χ4v) is 1.79. The zero-order chi connectivity index (χ0) is 9.68. The zero-order valence-electron chi connectivity index (χ0n) is 8.26. The van der Waals surface area contributed by atoms with E-state index in [4.69, 9.17) is 0 Å². The summed E-state index contributed by atoms with van der Waals surface area (Å²) >= 11 is 3.31. The lowest BCUT2D eigenvalue weighted by molar-refractivity contribution is -0.131. The van der Waals surface area contributed by atoms with E-state index < -0.39 is 0 Å². The van der Waals surface area contributed by atoms with Gasteiger partial charge in [0.1, 0.15) is 0 Å². The van der Waals surface area contributed by atoms with Crippen molar-refractivity contribution >= 4 is 21.8 Å². The highest BCUT2D eigenvalue weighted by Crippen LogP contribution is 2.27. The Morgan fingerprint density at radius 1 is 1.54 bits per heavy atom. The number of hydrogen-bond acceptors (Lipinski definition) is 1. The summed E-state index contributed by atoms with van der Waals surface area (Å²) in [6, 6.07) is 0.582. The van der Waals surface area contributed by atoms with Crippen molar-refractivity contribution < 1.29 is 4.79 Å². The molecule has 76 valence electrons. The second kappa shape index (κ2) is 5.63. The number of halogens is 1. The smallest absolute Gasteiger partial charge is 0.223 e. The molecule has 0 atom stereocenters. The maximum Gasteiger partial charge on any atom is 0.223 e. The van der Waals surface area contributed by atoms with Crippen molar-refractivity contribution in [2.24, 2.45) is 0 Å². The molecule has 0 aromatic carbocycles. The third kappa shape index (κ3) is 3.67. The van der Waals surface area contributed by atoms with Crippen molar-refractivity contribution in [1.82, 2.24) is 4.90 Å². The fraction of sp³-hybridized carbons (Fsp3) is 0.900. The van der Waals surface area contributed by atoms with E-state index in [-0.39, 0.29) is 0 Å². The molecule has 1 rings (SSSR count). The molecule has 0 aromatic rings. The van der Waals surface area contributed by atoms with Crippen LogP contribution in [0.15, 0.2) is 0 Å². The third-order valence-corrected chi connectivity index (χ3v) is 2.77. The minimum absolute atomic E-state index is 0.327. The van der Waals surface area contributed by atoms with Gasteiger partial charge in [-0.2, -0.15) is 0 Å². The Bertz CT molecular complexity index is 168.